The molecule has 0 unspecified atom stereocenters. The molecule has 2 nitrogen and oxygen atoms in total. The fourth-order valence-corrected chi connectivity index (χ4v) is 1.57. The Bertz CT molecular complexity index is 439. The van der Waals surface area contributed by atoms with Crippen LogP contribution in [0.3, 0.4) is 0 Å². The number of amides is 1. The first-order valence-electron chi connectivity index (χ1n) is 6.20. The van der Waals surface area contributed by atoms with Gasteiger partial charge in [-0.3, -0.25) is 4.79 Å². The SMILES string of the molecule is C=CCC(=O)N(CC#Cc1ccccc1)CCC. The molecule has 0 heterocycles. The van der Waals surface area contributed by atoms with Crippen LogP contribution in [0.1, 0.15) is 25.3 Å². The predicted octanol–water partition coefficient (Wildman–Crippen LogP) is 2.85. The molecule has 0 N–H and O–H groups in total. The molecule has 0 fully saturated rings. The second-order valence-corrected chi connectivity index (χ2v) is 3.98. The molecule has 1 amide bonds. The van der Waals surface area contributed by atoms with Gasteiger partial charge in [0.25, 0.3) is 0 Å². The molecule has 0 radical (unpaired) electrons. The summed E-state index contributed by atoms with van der Waals surface area (Å²) in [7, 11) is 0. The van der Waals surface area contributed by atoms with Gasteiger partial charge in [-0.15, -0.1) is 6.58 Å². The lowest BCUT2D eigenvalue weighted by Gasteiger charge is -2.18. The Hall–Kier alpha value is -2.01. The second-order valence-electron chi connectivity index (χ2n) is 3.98. The van der Waals surface area contributed by atoms with E-state index < -0.39 is 0 Å². The van der Waals surface area contributed by atoms with Crippen molar-refractivity contribution in [2.24, 2.45) is 0 Å². The van der Waals surface area contributed by atoms with Crippen molar-refractivity contribution < 1.29 is 4.79 Å². The summed E-state index contributed by atoms with van der Waals surface area (Å²) in [5, 5.41) is 0. The molecule has 0 atom stereocenters. The Morgan fingerprint density at radius 1 is 1.39 bits per heavy atom. The van der Waals surface area contributed by atoms with E-state index in [1.165, 1.54) is 0 Å². The fourth-order valence-electron chi connectivity index (χ4n) is 1.57. The second kappa shape index (κ2) is 8.14. The van der Waals surface area contributed by atoms with Crippen molar-refractivity contribution in [2.45, 2.75) is 19.8 Å². The number of benzene rings is 1. The number of carbonyl (C=O) groups excluding carboxylic acids is 1. The van der Waals surface area contributed by atoms with Gasteiger partial charge >= 0.3 is 0 Å². The monoisotopic (exact) mass is 241 g/mol. The van der Waals surface area contributed by atoms with E-state index in [1.54, 1.807) is 11.0 Å². The minimum atomic E-state index is 0.0919. The summed E-state index contributed by atoms with van der Waals surface area (Å²) >= 11 is 0. The van der Waals surface area contributed by atoms with Crippen LogP contribution in [0.5, 0.6) is 0 Å². The van der Waals surface area contributed by atoms with Crippen molar-refractivity contribution in [3.05, 3.63) is 48.6 Å². The van der Waals surface area contributed by atoms with Gasteiger partial charge in [-0.2, -0.15) is 0 Å². The van der Waals surface area contributed by atoms with E-state index in [2.05, 4.69) is 25.3 Å². The van der Waals surface area contributed by atoms with Gasteiger partial charge in [0.1, 0.15) is 0 Å². The number of nitrogens with zero attached hydrogens (tertiary/aromatic N) is 1. The molecule has 0 bridgehead atoms. The van der Waals surface area contributed by atoms with Crippen molar-refractivity contribution in [1.29, 1.82) is 0 Å². The van der Waals surface area contributed by atoms with E-state index >= 15 is 0 Å². The summed E-state index contributed by atoms with van der Waals surface area (Å²) in [6.45, 7) is 6.87. The molecule has 2 heteroatoms. The van der Waals surface area contributed by atoms with E-state index in [0.29, 0.717) is 13.0 Å². The standard InChI is InChI=1S/C16H19NO/c1-3-9-16(18)17(13-4-2)14-8-12-15-10-6-5-7-11-15/h3,5-7,10-11H,1,4,9,13-14H2,2H3. The Morgan fingerprint density at radius 2 is 2.11 bits per heavy atom. The fraction of sp³-hybridized carbons (Fsp3) is 0.312. The lowest BCUT2D eigenvalue weighted by Crippen LogP contribution is -2.31. The molecule has 0 aliphatic heterocycles. The van der Waals surface area contributed by atoms with E-state index in [0.717, 1.165) is 18.5 Å². The first-order chi connectivity index (χ1) is 8.77. The molecule has 0 aliphatic carbocycles. The average molecular weight is 241 g/mol. The zero-order chi connectivity index (χ0) is 13.2. The van der Waals surface area contributed by atoms with Gasteiger partial charge in [-0.05, 0) is 18.6 Å². The number of hydrogen-bond acceptors (Lipinski definition) is 1. The van der Waals surface area contributed by atoms with Gasteiger partial charge in [0.15, 0.2) is 0 Å². The van der Waals surface area contributed by atoms with Gasteiger partial charge in [0, 0.05) is 18.5 Å². The summed E-state index contributed by atoms with van der Waals surface area (Å²) in [4.78, 5) is 13.5. The van der Waals surface area contributed by atoms with Crippen LogP contribution in [0.4, 0.5) is 0 Å². The van der Waals surface area contributed by atoms with Crippen LogP contribution >= 0.6 is 0 Å². The molecule has 0 saturated heterocycles. The maximum absolute atomic E-state index is 11.8. The van der Waals surface area contributed by atoms with Crippen molar-refractivity contribution in [1.82, 2.24) is 4.90 Å². The molecular weight excluding hydrogens is 222 g/mol. The average Bonchev–Trinajstić information content (AvgIpc) is 2.39. The Balaban J connectivity index is 2.60. The van der Waals surface area contributed by atoms with Crippen LogP contribution in [0.15, 0.2) is 43.0 Å². The van der Waals surface area contributed by atoms with Gasteiger partial charge in [-0.1, -0.05) is 43.0 Å². The summed E-state index contributed by atoms with van der Waals surface area (Å²) in [5.74, 6) is 6.20. The molecular formula is C16H19NO. The third kappa shape index (κ3) is 4.88. The zero-order valence-electron chi connectivity index (χ0n) is 10.9. The highest BCUT2D eigenvalue weighted by Crippen LogP contribution is 1.98. The van der Waals surface area contributed by atoms with Gasteiger partial charge < -0.3 is 4.90 Å². The highest BCUT2D eigenvalue weighted by molar-refractivity contribution is 5.77. The van der Waals surface area contributed by atoms with E-state index in [1.807, 2.05) is 30.3 Å². The molecule has 1 aromatic rings. The zero-order valence-corrected chi connectivity index (χ0v) is 10.9. The molecule has 0 saturated carbocycles. The van der Waals surface area contributed by atoms with Gasteiger partial charge in [-0.25, -0.2) is 0 Å². The third-order valence-electron chi connectivity index (χ3n) is 2.44. The topological polar surface area (TPSA) is 20.3 Å². The summed E-state index contributed by atoms with van der Waals surface area (Å²) in [6, 6.07) is 9.79. The molecule has 18 heavy (non-hydrogen) atoms. The number of rotatable bonds is 5. The Labute approximate surface area is 109 Å². The largest absolute Gasteiger partial charge is 0.331 e. The smallest absolute Gasteiger partial charge is 0.227 e. The van der Waals surface area contributed by atoms with Crippen LogP contribution in [-0.4, -0.2) is 23.9 Å². The van der Waals surface area contributed by atoms with E-state index in [-0.39, 0.29) is 5.91 Å². The maximum Gasteiger partial charge on any atom is 0.227 e. The molecule has 0 aliphatic rings. The highest BCUT2D eigenvalue weighted by Gasteiger charge is 2.08. The third-order valence-corrected chi connectivity index (χ3v) is 2.44. The molecule has 1 rings (SSSR count). The number of hydrogen-bond donors (Lipinski definition) is 0. The summed E-state index contributed by atoms with van der Waals surface area (Å²) in [5.41, 5.74) is 0.977. The minimum Gasteiger partial charge on any atom is -0.331 e. The van der Waals surface area contributed by atoms with Crippen molar-refractivity contribution in [3.63, 3.8) is 0 Å². The lowest BCUT2D eigenvalue weighted by atomic mass is 10.2. The molecule has 0 spiro atoms. The summed E-state index contributed by atoms with van der Waals surface area (Å²) in [6.07, 6.45) is 2.96. The van der Waals surface area contributed by atoms with E-state index in [4.69, 9.17) is 0 Å². The van der Waals surface area contributed by atoms with Gasteiger partial charge in [0.2, 0.25) is 5.91 Å². The summed E-state index contributed by atoms with van der Waals surface area (Å²) < 4.78 is 0. The normalized spacial score (nSPS) is 9.17. The first-order valence-corrected chi connectivity index (χ1v) is 6.20. The van der Waals surface area contributed by atoms with Crippen LogP contribution in [0, 0.1) is 11.8 Å². The Morgan fingerprint density at radius 3 is 2.72 bits per heavy atom. The van der Waals surface area contributed by atoms with Gasteiger partial charge in [0.05, 0.1) is 6.54 Å². The maximum atomic E-state index is 11.8. The lowest BCUT2D eigenvalue weighted by molar-refractivity contribution is -0.129. The predicted molar refractivity (Wildman–Crippen MR) is 75.0 cm³/mol. The van der Waals surface area contributed by atoms with Crippen molar-refractivity contribution >= 4 is 5.91 Å². The van der Waals surface area contributed by atoms with Crippen molar-refractivity contribution in [2.75, 3.05) is 13.1 Å². The minimum absolute atomic E-state index is 0.0919. The van der Waals surface area contributed by atoms with Crippen molar-refractivity contribution in [3.8, 4) is 11.8 Å². The Kier molecular flexibility index (Phi) is 6.35. The van der Waals surface area contributed by atoms with Crippen LogP contribution in [0.2, 0.25) is 0 Å². The first kappa shape index (κ1) is 14.1. The number of carbonyl (C=O) groups is 1. The van der Waals surface area contributed by atoms with Crippen LogP contribution in [-0.2, 0) is 4.79 Å². The quantitative estimate of drug-likeness (QED) is 0.573. The van der Waals surface area contributed by atoms with Crippen LogP contribution in [0.25, 0.3) is 0 Å². The molecule has 0 aromatic heterocycles. The molecule has 94 valence electrons. The molecule has 1 aromatic carbocycles. The van der Waals surface area contributed by atoms with Crippen LogP contribution < -0.4 is 0 Å². The van der Waals surface area contributed by atoms with E-state index in [9.17, 15) is 4.79 Å². The highest BCUT2D eigenvalue weighted by atomic mass is 16.2.